The zero-order chi connectivity index (χ0) is 21.0. The molecule has 7 nitrogen and oxygen atoms in total. The number of rotatable bonds is 7. The molecule has 0 radical (unpaired) electrons. The lowest BCUT2D eigenvalue weighted by molar-refractivity contribution is -0.0511. The Morgan fingerprint density at radius 1 is 1.17 bits per heavy atom. The number of hydrogen-bond donors (Lipinski definition) is 1. The highest BCUT2D eigenvalue weighted by Gasteiger charge is 2.31. The zero-order valence-corrected chi connectivity index (χ0v) is 17.2. The van der Waals surface area contributed by atoms with Crippen molar-refractivity contribution in [2.45, 2.75) is 30.8 Å². The normalized spacial score (nSPS) is 15.3. The molecule has 0 unspecified atom stereocenters. The van der Waals surface area contributed by atoms with E-state index in [9.17, 15) is 22.0 Å². The molecule has 3 rings (SSSR count). The van der Waals surface area contributed by atoms with Gasteiger partial charge in [-0.05, 0) is 36.4 Å². The molecule has 2 aromatic rings. The van der Waals surface area contributed by atoms with Gasteiger partial charge >= 0.3 is 6.61 Å². The van der Waals surface area contributed by atoms with Gasteiger partial charge in [0.25, 0.3) is 5.91 Å². The van der Waals surface area contributed by atoms with E-state index < -0.39 is 22.5 Å². The van der Waals surface area contributed by atoms with Crippen molar-refractivity contribution in [1.82, 2.24) is 4.31 Å². The van der Waals surface area contributed by atoms with E-state index in [1.807, 2.05) is 0 Å². The van der Waals surface area contributed by atoms with E-state index in [4.69, 9.17) is 4.74 Å². The number of nitrogens with zero attached hydrogens (tertiary/aromatic N) is 1. The molecule has 29 heavy (non-hydrogen) atoms. The number of methoxy groups -OCH3 is 1. The van der Waals surface area contributed by atoms with Crippen LogP contribution in [-0.2, 0) is 10.0 Å². The molecular weight excluding hydrogens is 426 g/mol. The summed E-state index contributed by atoms with van der Waals surface area (Å²) in [5, 5.41) is 4.07. The number of hydrogen-bond acceptors (Lipinski definition) is 6. The van der Waals surface area contributed by atoms with Gasteiger partial charge in [0, 0.05) is 24.8 Å². The maximum Gasteiger partial charge on any atom is 0.387 e. The van der Waals surface area contributed by atoms with Crippen molar-refractivity contribution < 1.29 is 31.5 Å². The first-order chi connectivity index (χ1) is 13.8. The number of carbonyl (C=O) groups excluding carboxylic acids is 1. The Hall–Kier alpha value is -2.24. The van der Waals surface area contributed by atoms with Crippen LogP contribution < -0.4 is 14.8 Å². The summed E-state index contributed by atoms with van der Waals surface area (Å²) < 4.78 is 61.7. The molecule has 0 aliphatic carbocycles. The van der Waals surface area contributed by atoms with Crippen LogP contribution >= 0.6 is 11.3 Å². The van der Waals surface area contributed by atoms with Crippen LogP contribution in [0.5, 0.6) is 11.5 Å². The number of thiophene rings is 1. The van der Waals surface area contributed by atoms with E-state index in [0.717, 1.165) is 30.6 Å². The minimum absolute atomic E-state index is 0.0303. The van der Waals surface area contributed by atoms with Gasteiger partial charge < -0.3 is 14.8 Å². The van der Waals surface area contributed by atoms with Gasteiger partial charge in [0.1, 0.15) is 9.77 Å². The Morgan fingerprint density at radius 3 is 2.55 bits per heavy atom. The molecule has 1 amide bonds. The van der Waals surface area contributed by atoms with Crippen molar-refractivity contribution in [3.05, 3.63) is 34.5 Å². The van der Waals surface area contributed by atoms with Gasteiger partial charge in [0.2, 0.25) is 10.0 Å². The van der Waals surface area contributed by atoms with Crippen molar-refractivity contribution in [3.8, 4) is 11.5 Å². The van der Waals surface area contributed by atoms with Gasteiger partial charge in [0.05, 0.1) is 7.11 Å². The third-order valence-corrected chi connectivity index (χ3v) is 7.39. The van der Waals surface area contributed by atoms with Gasteiger partial charge in [-0.15, -0.1) is 11.3 Å². The first kappa shape index (κ1) is 21.5. The summed E-state index contributed by atoms with van der Waals surface area (Å²) in [5.41, 5.74) is 0.168. The fourth-order valence-electron chi connectivity index (χ4n) is 3.04. The van der Waals surface area contributed by atoms with Gasteiger partial charge in [-0.2, -0.15) is 13.1 Å². The smallest absolute Gasteiger partial charge is 0.387 e. The van der Waals surface area contributed by atoms with Crippen molar-refractivity contribution in [2.75, 3.05) is 25.5 Å². The highest BCUT2D eigenvalue weighted by atomic mass is 32.2. The summed E-state index contributed by atoms with van der Waals surface area (Å²) in [6, 6.07) is 5.41. The molecule has 1 aliphatic rings. The van der Waals surface area contributed by atoms with Gasteiger partial charge in [0.15, 0.2) is 11.5 Å². The molecule has 0 saturated carbocycles. The first-order valence-electron chi connectivity index (χ1n) is 8.85. The fourth-order valence-corrected chi connectivity index (χ4v) is 5.85. The molecule has 1 saturated heterocycles. The zero-order valence-electron chi connectivity index (χ0n) is 15.6. The molecule has 1 aromatic heterocycles. The maximum atomic E-state index is 12.9. The molecule has 2 heterocycles. The molecule has 0 bridgehead atoms. The van der Waals surface area contributed by atoms with Crippen LogP contribution in [0.15, 0.2) is 34.5 Å². The minimum Gasteiger partial charge on any atom is -0.493 e. The van der Waals surface area contributed by atoms with Gasteiger partial charge in [-0.25, -0.2) is 8.42 Å². The van der Waals surface area contributed by atoms with Crippen LogP contribution in [0.4, 0.5) is 14.5 Å². The third kappa shape index (κ3) is 4.85. The van der Waals surface area contributed by atoms with Crippen molar-refractivity contribution >= 4 is 33.0 Å². The molecule has 1 fully saturated rings. The second-order valence-electron chi connectivity index (χ2n) is 6.28. The summed E-state index contributed by atoms with van der Waals surface area (Å²) in [7, 11) is -2.48. The molecule has 11 heteroatoms. The lowest BCUT2D eigenvalue weighted by Gasteiger charge is -2.25. The van der Waals surface area contributed by atoms with Crippen LogP contribution in [-0.4, -0.2) is 45.4 Å². The Balaban J connectivity index is 1.83. The van der Waals surface area contributed by atoms with Crippen molar-refractivity contribution in [3.63, 3.8) is 0 Å². The van der Waals surface area contributed by atoms with Crippen molar-refractivity contribution in [1.29, 1.82) is 0 Å². The average molecular weight is 446 g/mol. The number of halogens is 2. The third-order valence-electron chi connectivity index (χ3n) is 4.41. The number of carbonyl (C=O) groups is 1. The highest BCUT2D eigenvalue weighted by Crippen LogP contribution is 2.33. The lowest BCUT2D eigenvalue weighted by Crippen LogP contribution is -2.36. The Bertz CT molecular complexity index is 972. The predicted octanol–water partition coefficient (Wildman–Crippen LogP) is 3.79. The second kappa shape index (κ2) is 9.06. The lowest BCUT2D eigenvalue weighted by atomic mass is 10.2. The van der Waals surface area contributed by atoms with E-state index in [2.05, 4.69) is 10.1 Å². The number of ether oxygens (including phenoxy) is 2. The van der Waals surface area contributed by atoms with E-state index in [-0.39, 0.29) is 27.0 Å². The van der Waals surface area contributed by atoms with E-state index in [1.165, 1.54) is 41.1 Å². The van der Waals surface area contributed by atoms with Crippen molar-refractivity contribution in [2.24, 2.45) is 0 Å². The Labute approximate surface area is 171 Å². The molecular formula is C18H20F2N2O5S2. The predicted molar refractivity (Wildman–Crippen MR) is 105 cm³/mol. The van der Waals surface area contributed by atoms with Crippen LogP contribution in [0.25, 0.3) is 0 Å². The van der Waals surface area contributed by atoms with E-state index in [1.54, 1.807) is 0 Å². The largest absolute Gasteiger partial charge is 0.493 e. The number of piperidine rings is 1. The first-order valence-corrected chi connectivity index (χ1v) is 11.2. The molecule has 0 atom stereocenters. The highest BCUT2D eigenvalue weighted by molar-refractivity contribution is 7.89. The number of anilines is 1. The van der Waals surface area contributed by atoms with Crippen LogP contribution in [0.1, 0.15) is 28.9 Å². The van der Waals surface area contributed by atoms with E-state index in [0.29, 0.717) is 13.1 Å². The maximum absolute atomic E-state index is 12.9. The number of nitrogens with one attached hydrogen (secondary N) is 1. The van der Waals surface area contributed by atoms with Gasteiger partial charge in [-0.3, -0.25) is 4.79 Å². The number of benzene rings is 1. The number of amides is 1. The summed E-state index contributed by atoms with van der Waals surface area (Å²) in [5.74, 6) is -0.816. The Kier molecular flexibility index (Phi) is 6.70. The summed E-state index contributed by atoms with van der Waals surface area (Å²) >= 11 is 0.996. The monoisotopic (exact) mass is 446 g/mol. The molecule has 1 aliphatic heterocycles. The SMILES string of the molecule is COc1ccc(NC(=O)c2sccc2S(=O)(=O)N2CCCCC2)cc1OC(F)F. The Morgan fingerprint density at radius 2 is 1.90 bits per heavy atom. The number of sulfonamides is 1. The van der Waals surface area contributed by atoms with Crippen LogP contribution in [0.2, 0.25) is 0 Å². The topological polar surface area (TPSA) is 84.9 Å². The molecule has 158 valence electrons. The second-order valence-corrected chi connectivity index (χ2v) is 9.10. The summed E-state index contributed by atoms with van der Waals surface area (Å²) in [6.07, 6.45) is 2.54. The van der Waals surface area contributed by atoms with E-state index >= 15 is 0 Å². The van der Waals surface area contributed by atoms with Gasteiger partial charge in [-0.1, -0.05) is 6.42 Å². The summed E-state index contributed by atoms with van der Waals surface area (Å²) in [6.45, 7) is -2.22. The standard InChI is InChI=1S/C18H20F2N2O5S2/c1-26-13-6-5-12(11-14(13)27-18(19)20)21-17(23)16-15(7-10-28-16)29(24,25)22-8-3-2-4-9-22/h5-7,10-11,18H,2-4,8-9H2,1H3,(H,21,23). The fraction of sp³-hybridized carbons (Fsp3) is 0.389. The summed E-state index contributed by atoms with van der Waals surface area (Å²) in [4.78, 5) is 12.7. The average Bonchev–Trinajstić information content (AvgIpc) is 3.19. The van der Waals surface area contributed by atoms with Crippen LogP contribution in [0.3, 0.4) is 0 Å². The quantitative estimate of drug-likeness (QED) is 0.700. The number of alkyl halides is 2. The van der Waals surface area contributed by atoms with Crippen LogP contribution in [0, 0.1) is 0 Å². The molecule has 0 spiro atoms. The molecule has 1 aromatic carbocycles. The molecule has 1 N–H and O–H groups in total. The minimum atomic E-state index is -3.78.